The van der Waals surface area contributed by atoms with Crippen molar-refractivity contribution in [3.05, 3.63) is 48.0 Å². The van der Waals surface area contributed by atoms with Crippen molar-refractivity contribution in [1.29, 1.82) is 0 Å². The lowest BCUT2D eigenvalue weighted by molar-refractivity contribution is -0.138. The van der Waals surface area contributed by atoms with Crippen LogP contribution in [0.25, 0.3) is 0 Å². The van der Waals surface area contributed by atoms with Crippen molar-refractivity contribution in [3.8, 4) is 0 Å². The molecule has 0 aliphatic carbocycles. The number of aromatic nitrogens is 2. The number of fused-ring (bicyclic) bond motifs is 1. The van der Waals surface area contributed by atoms with Gasteiger partial charge >= 0.3 is 12.0 Å². The molecule has 3 rings (SSSR count). The highest BCUT2D eigenvalue weighted by molar-refractivity contribution is 6.00. The zero-order valence-corrected chi connectivity index (χ0v) is 11.1. The number of hydrogen-bond acceptors (Lipinski definition) is 3. The first-order chi connectivity index (χ1) is 10.2. The van der Waals surface area contributed by atoms with Crippen LogP contribution in [0.4, 0.5) is 10.5 Å². The predicted molar refractivity (Wildman–Crippen MR) is 74.9 cm³/mol. The minimum atomic E-state index is -1.01. The third kappa shape index (κ3) is 2.45. The average molecular weight is 286 g/mol. The highest BCUT2D eigenvalue weighted by Gasteiger charge is 2.38. The standard InChI is InChI=1S/C14H14N4O3/c19-13(20)11-7-9-3-1-2-4-10(9)18(11)14(21)17-8-12-15-5-6-16-12/h1-6,11H,7-8H2,(H,15,16)(H,17,21)(H,19,20). The molecule has 108 valence electrons. The number of benzene rings is 1. The fourth-order valence-corrected chi connectivity index (χ4v) is 2.47. The van der Waals surface area contributed by atoms with Crippen LogP contribution >= 0.6 is 0 Å². The van der Waals surface area contributed by atoms with E-state index in [1.165, 1.54) is 4.90 Å². The van der Waals surface area contributed by atoms with Gasteiger partial charge in [-0.3, -0.25) is 4.90 Å². The van der Waals surface area contributed by atoms with Gasteiger partial charge in [-0.25, -0.2) is 14.6 Å². The van der Waals surface area contributed by atoms with Crippen LogP contribution in [0.3, 0.4) is 0 Å². The topological polar surface area (TPSA) is 98.3 Å². The normalized spacial score (nSPS) is 16.6. The first kappa shape index (κ1) is 13.2. The molecule has 1 unspecified atom stereocenters. The molecule has 2 amide bonds. The number of carbonyl (C=O) groups excluding carboxylic acids is 1. The molecule has 1 aliphatic rings. The maximum absolute atomic E-state index is 12.3. The Morgan fingerprint density at radius 2 is 2.24 bits per heavy atom. The van der Waals surface area contributed by atoms with E-state index in [0.717, 1.165) is 5.56 Å². The molecule has 1 aromatic heterocycles. The summed E-state index contributed by atoms with van der Waals surface area (Å²) < 4.78 is 0. The first-order valence-electron chi connectivity index (χ1n) is 6.53. The number of aliphatic carboxylic acids is 1. The van der Waals surface area contributed by atoms with Crippen molar-refractivity contribution in [1.82, 2.24) is 15.3 Å². The summed E-state index contributed by atoms with van der Waals surface area (Å²) in [5, 5.41) is 12.0. The molecule has 7 nitrogen and oxygen atoms in total. The molecule has 2 aromatic rings. The number of carbonyl (C=O) groups is 2. The number of para-hydroxylation sites is 1. The average Bonchev–Trinajstić information content (AvgIpc) is 3.11. The van der Waals surface area contributed by atoms with E-state index in [4.69, 9.17) is 0 Å². The molecule has 1 aromatic carbocycles. The zero-order valence-electron chi connectivity index (χ0n) is 11.1. The minimum absolute atomic E-state index is 0.219. The second-order valence-corrected chi connectivity index (χ2v) is 4.75. The van der Waals surface area contributed by atoms with E-state index in [-0.39, 0.29) is 6.54 Å². The van der Waals surface area contributed by atoms with Gasteiger partial charge in [0.25, 0.3) is 0 Å². The predicted octanol–water partition coefficient (Wildman–Crippen LogP) is 1.14. The monoisotopic (exact) mass is 286 g/mol. The van der Waals surface area contributed by atoms with Crippen LogP contribution in [0, 0.1) is 0 Å². The number of rotatable bonds is 3. The summed E-state index contributed by atoms with van der Waals surface area (Å²) in [5.41, 5.74) is 1.50. The summed E-state index contributed by atoms with van der Waals surface area (Å²) in [6.45, 7) is 0.219. The minimum Gasteiger partial charge on any atom is -0.480 e. The number of amides is 2. The summed E-state index contributed by atoms with van der Waals surface area (Å²) in [6, 6.07) is 5.90. The van der Waals surface area contributed by atoms with Crippen molar-refractivity contribution < 1.29 is 14.7 Å². The molecule has 0 saturated heterocycles. The van der Waals surface area contributed by atoms with Gasteiger partial charge in [0.15, 0.2) is 0 Å². The lowest BCUT2D eigenvalue weighted by atomic mass is 10.1. The summed E-state index contributed by atoms with van der Waals surface area (Å²) in [6.07, 6.45) is 3.57. The molecule has 2 heterocycles. The van der Waals surface area contributed by atoms with Crippen LogP contribution in [0.2, 0.25) is 0 Å². The molecule has 0 fully saturated rings. The number of aromatic amines is 1. The molecule has 0 saturated carbocycles. The Labute approximate surface area is 120 Å². The highest BCUT2D eigenvalue weighted by Crippen LogP contribution is 2.32. The number of nitrogens with one attached hydrogen (secondary N) is 2. The Hall–Kier alpha value is -2.83. The van der Waals surface area contributed by atoms with Gasteiger partial charge in [0.05, 0.1) is 6.54 Å². The quantitative estimate of drug-likeness (QED) is 0.787. The van der Waals surface area contributed by atoms with Gasteiger partial charge in [0, 0.05) is 24.5 Å². The van der Waals surface area contributed by atoms with E-state index in [1.54, 1.807) is 24.5 Å². The Morgan fingerprint density at radius 1 is 1.43 bits per heavy atom. The van der Waals surface area contributed by atoms with E-state index in [1.807, 2.05) is 12.1 Å². The second-order valence-electron chi connectivity index (χ2n) is 4.75. The molecule has 0 radical (unpaired) electrons. The van der Waals surface area contributed by atoms with Crippen LogP contribution in [0.5, 0.6) is 0 Å². The molecule has 0 bridgehead atoms. The third-order valence-electron chi connectivity index (χ3n) is 3.44. The third-order valence-corrected chi connectivity index (χ3v) is 3.44. The van der Waals surface area contributed by atoms with Crippen LogP contribution in [0.15, 0.2) is 36.7 Å². The van der Waals surface area contributed by atoms with E-state index < -0.39 is 18.0 Å². The van der Waals surface area contributed by atoms with E-state index >= 15 is 0 Å². The van der Waals surface area contributed by atoms with Gasteiger partial charge < -0.3 is 15.4 Å². The van der Waals surface area contributed by atoms with Crippen molar-refractivity contribution in [2.75, 3.05) is 4.90 Å². The van der Waals surface area contributed by atoms with Crippen LogP contribution < -0.4 is 10.2 Å². The number of anilines is 1. The first-order valence-corrected chi connectivity index (χ1v) is 6.53. The molecule has 1 aliphatic heterocycles. The zero-order chi connectivity index (χ0) is 14.8. The molecule has 0 spiro atoms. The van der Waals surface area contributed by atoms with Crippen LogP contribution in [-0.2, 0) is 17.8 Å². The Bertz CT molecular complexity index is 669. The Kier molecular flexibility index (Phi) is 3.31. The maximum atomic E-state index is 12.3. The number of carboxylic acids is 1. The fourth-order valence-electron chi connectivity index (χ4n) is 2.47. The Balaban J connectivity index is 1.80. The summed E-state index contributed by atoms with van der Waals surface area (Å²) in [4.78, 5) is 31.9. The van der Waals surface area contributed by atoms with Gasteiger partial charge in [-0.05, 0) is 11.6 Å². The lowest BCUT2D eigenvalue weighted by Crippen LogP contribution is -2.47. The van der Waals surface area contributed by atoms with E-state index in [9.17, 15) is 14.7 Å². The van der Waals surface area contributed by atoms with Gasteiger partial charge in [0.2, 0.25) is 0 Å². The second kappa shape index (κ2) is 5.28. The molecule has 7 heteroatoms. The number of H-pyrrole nitrogens is 1. The van der Waals surface area contributed by atoms with E-state index in [2.05, 4.69) is 15.3 Å². The highest BCUT2D eigenvalue weighted by atomic mass is 16.4. The number of hydrogen-bond donors (Lipinski definition) is 3. The van der Waals surface area contributed by atoms with Crippen molar-refractivity contribution in [2.24, 2.45) is 0 Å². The summed E-state index contributed by atoms with van der Waals surface area (Å²) >= 11 is 0. The smallest absolute Gasteiger partial charge is 0.327 e. The lowest BCUT2D eigenvalue weighted by Gasteiger charge is -2.22. The SMILES string of the molecule is O=C(O)C1Cc2ccccc2N1C(=O)NCc1ncc[nH]1. The molecular formula is C14H14N4O3. The molecule has 3 N–H and O–H groups in total. The Morgan fingerprint density at radius 3 is 2.95 bits per heavy atom. The summed E-state index contributed by atoms with van der Waals surface area (Å²) in [7, 11) is 0. The van der Waals surface area contributed by atoms with Crippen molar-refractivity contribution >= 4 is 17.7 Å². The maximum Gasteiger partial charge on any atom is 0.327 e. The van der Waals surface area contributed by atoms with Gasteiger partial charge in [-0.15, -0.1) is 0 Å². The largest absolute Gasteiger partial charge is 0.480 e. The van der Waals surface area contributed by atoms with Crippen molar-refractivity contribution in [3.63, 3.8) is 0 Å². The van der Waals surface area contributed by atoms with E-state index in [0.29, 0.717) is 17.9 Å². The number of imidazole rings is 1. The molecule has 1 atom stereocenters. The van der Waals surface area contributed by atoms with Crippen molar-refractivity contribution in [2.45, 2.75) is 19.0 Å². The van der Waals surface area contributed by atoms with Gasteiger partial charge in [-0.1, -0.05) is 18.2 Å². The molecular weight excluding hydrogens is 272 g/mol. The molecule has 21 heavy (non-hydrogen) atoms. The number of urea groups is 1. The van der Waals surface area contributed by atoms with Gasteiger partial charge in [0.1, 0.15) is 11.9 Å². The fraction of sp³-hybridized carbons (Fsp3) is 0.214. The van der Waals surface area contributed by atoms with Gasteiger partial charge in [-0.2, -0.15) is 0 Å². The number of nitrogens with zero attached hydrogens (tertiary/aromatic N) is 2. The number of carboxylic acid groups (broad SMARTS) is 1. The van der Waals surface area contributed by atoms with Crippen LogP contribution in [-0.4, -0.2) is 33.1 Å². The summed E-state index contributed by atoms with van der Waals surface area (Å²) in [5.74, 6) is -0.401. The van der Waals surface area contributed by atoms with Crippen LogP contribution in [0.1, 0.15) is 11.4 Å².